The summed E-state index contributed by atoms with van der Waals surface area (Å²) in [6, 6.07) is 9.67. The monoisotopic (exact) mass is 1500 g/mol. The molecule has 4 aromatic rings. The van der Waals surface area contributed by atoms with Gasteiger partial charge in [0.25, 0.3) is 5.91 Å². The number of hydrogen-bond donors (Lipinski definition) is 18. The Morgan fingerprint density at radius 1 is 0.587 bits per heavy atom. The lowest BCUT2D eigenvalue weighted by atomic mass is 9.77. The number of carbonyl (C=O) groups is 14. The Bertz CT molecular complexity index is 3880. The number of aliphatic carboxylic acids is 2. The van der Waals surface area contributed by atoms with Gasteiger partial charge in [0.1, 0.15) is 65.3 Å². The topological polar surface area (TPSA) is 551 Å². The maximum Gasteiger partial charge on any atom is 0.340 e. The van der Waals surface area contributed by atoms with Crippen molar-refractivity contribution in [3.8, 4) is 23.0 Å². The second-order valence-corrected chi connectivity index (χ2v) is 27.1. The summed E-state index contributed by atoms with van der Waals surface area (Å²) in [7, 11) is 1.63. The van der Waals surface area contributed by atoms with Crippen LogP contribution in [0.2, 0.25) is 0 Å². The molecule has 556 valence electrons. The number of thioether (sulfide) groups is 1. The Morgan fingerprint density at radius 2 is 1.15 bits per heavy atom. The van der Waals surface area contributed by atoms with E-state index in [1.54, 1.807) is 48.5 Å². The highest BCUT2D eigenvalue weighted by atomic mass is 33.1. The van der Waals surface area contributed by atoms with Crippen molar-refractivity contribution >= 4 is 122 Å². The molecule has 39 heteroatoms. The number of esters is 1. The van der Waals surface area contributed by atoms with E-state index in [2.05, 4.69) is 63.8 Å². The van der Waals surface area contributed by atoms with E-state index in [1.165, 1.54) is 36.4 Å². The first kappa shape index (κ1) is 78.8. The molecule has 8 rings (SSSR count). The zero-order valence-electron chi connectivity index (χ0n) is 55.3. The highest BCUT2D eigenvalue weighted by molar-refractivity contribution is 8.76. The van der Waals surface area contributed by atoms with Crippen LogP contribution in [0.5, 0.6) is 23.0 Å². The predicted molar refractivity (Wildman–Crippen MR) is 371 cm³/mol. The van der Waals surface area contributed by atoms with E-state index in [0.29, 0.717) is 34.0 Å². The minimum absolute atomic E-state index is 0.0277. The molecule has 19 N–H and O–H groups in total. The summed E-state index contributed by atoms with van der Waals surface area (Å²) in [5, 5.41) is 77.1. The number of phenolic OH excluding ortho intramolecular Hbond substituents is 2. The average molecular weight is 1500 g/mol. The number of aromatic hydroxyl groups is 2. The summed E-state index contributed by atoms with van der Waals surface area (Å²) in [6.07, 6.45) is -2.41. The standard InChI is InChI=1S/C65H76N14O22S3/c66-64(67)70-14-4-7-41-56(90)72-28-51(83)73-43(25-53(85)86)59(93)79-47-31-104-103-30-46(61(95)75-41)78-60(94)44(26-54(87)88)74-52(84)32-102-29-45(77-58(92)42(76-62(47)96)21-33-5-2-1-3-6-33)57(91)71-27-50(82)68-15-17-98-19-20-99-18-16-69-55(89)34-8-11-38-37(22-34)63(97)101-65(38)39-12-9-35(80)23-48(39)100-49-24-36(81)10-13-40(49)65/h1-3,5-6,8-13,22-24,41-47,80-81H,4,7,14-21,25-32H2,(H,68,82)(H,69,89)(H,71,91)(H,72,90)(H,73,83)(H,74,84)(H,75,95)(H,76,96)(H,77,92)(H,78,94)(H,79,93)(H,85,86)(H,87,88)(H4,66,67,70)/t41-,42-,43-,44-,45-,46-,47-/m0/s1. The number of carboxylic acid groups (broad SMARTS) is 2. The average Bonchev–Trinajstić information content (AvgIpc) is 1.49. The molecule has 2 saturated heterocycles. The summed E-state index contributed by atoms with van der Waals surface area (Å²) in [5.41, 5.74) is 5.86. The molecule has 104 heavy (non-hydrogen) atoms. The quantitative estimate of drug-likeness (QED) is 0.0114. The summed E-state index contributed by atoms with van der Waals surface area (Å²) in [4.78, 5) is 190. The fourth-order valence-electron chi connectivity index (χ4n) is 10.9. The van der Waals surface area contributed by atoms with Crippen LogP contribution in [0.3, 0.4) is 0 Å². The third kappa shape index (κ3) is 22.3. The molecule has 0 unspecified atom stereocenters. The molecule has 2 fully saturated rings. The molecule has 7 atom stereocenters. The molecule has 4 aromatic carbocycles. The van der Waals surface area contributed by atoms with Gasteiger partial charge in [0, 0.05) is 77.7 Å². The summed E-state index contributed by atoms with van der Waals surface area (Å²) in [6.45, 7) is -1.39. The van der Waals surface area contributed by atoms with Gasteiger partial charge < -0.3 is 109 Å². The molecule has 4 heterocycles. The number of nitrogens with two attached hydrogens (primary N) is 1. The lowest BCUT2D eigenvalue weighted by molar-refractivity contribution is -0.141. The van der Waals surface area contributed by atoms with E-state index in [-0.39, 0.29) is 99.4 Å². The summed E-state index contributed by atoms with van der Waals surface area (Å²) >= 11 is 0.714. The van der Waals surface area contributed by atoms with Gasteiger partial charge in [0.05, 0.1) is 63.7 Å². The molecular formula is C65H76N14O22S3. The molecule has 0 saturated carbocycles. The Balaban J connectivity index is 0.886. The predicted octanol–water partition coefficient (Wildman–Crippen LogP) is -3.23. The van der Waals surface area contributed by atoms with Gasteiger partial charge in [-0.2, -0.15) is 0 Å². The number of amides is 11. The molecule has 1 spiro atoms. The van der Waals surface area contributed by atoms with Crippen LogP contribution in [0.15, 0.2) is 84.9 Å². The van der Waals surface area contributed by atoms with Crippen molar-refractivity contribution in [1.82, 2.24) is 63.8 Å². The van der Waals surface area contributed by atoms with Crippen LogP contribution < -0.4 is 74.3 Å². The molecule has 36 nitrogen and oxygen atoms in total. The smallest absolute Gasteiger partial charge is 0.340 e. The summed E-state index contributed by atoms with van der Waals surface area (Å²) < 4.78 is 23.2. The zero-order valence-corrected chi connectivity index (χ0v) is 57.7. The molecular weight excluding hydrogens is 1420 g/mol. The zero-order chi connectivity index (χ0) is 75.0. The molecule has 2 bridgehead atoms. The molecule has 0 radical (unpaired) electrons. The van der Waals surface area contributed by atoms with E-state index in [0.717, 1.165) is 21.6 Å². The van der Waals surface area contributed by atoms with Crippen LogP contribution in [-0.2, 0) is 83.8 Å². The van der Waals surface area contributed by atoms with Crippen LogP contribution >= 0.6 is 33.3 Å². The van der Waals surface area contributed by atoms with Crippen molar-refractivity contribution in [2.24, 2.45) is 5.73 Å². The molecule has 0 aliphatic carbocycles. The van der Waals surface area contributed by atoms with Crippen LogP contribution in [-0.4, -0.2) is 234 Å². The third-order valence-corrected chi connectivity index (χ3v) is 19.4. The number of phenols is 2. The van der Waals surface area contributed by atoms with Crippen LogP contribution in [0.1, 0.15) is 68.7 Å². The lowest BCUT2D eigenvalue weighted by Crippen LogP contribution is -2.60. The van der Waals surface area contributed by atoms with Crippen LogP contribution in [0.4, 0.5) is 0 Å². The van der Waals surface area contributed by atoms with Crippen molar-refractivity contribution in [1.29, 1.82) is 5.41 Å². The van der Waals surface area contributed by atoms with E-state index in [9.17, 15) is 87.5 Å². The van der Waals surface area contributed by atoms with Crippen molar-refractivity contribution in [3.63, 3.8) is 0 Å². The first-order chi connectivity index (χ1) is 49.8. The highest BCUT2D eigenvalue weighted by Gasteiger charge is 2.54. The SMILES string of the molecule is N=C(N)NCCC[C@@H]1NC(=O)[C@@H]2CSSC[C@H](NC(=O)[C@H](CC(=O)O)NC(=O)CNC1=O)C(=O)N[C@@H](Cc1ccccc1)C(=O)N[C@H](C(=O)NCC(=O)NCCOCCOCCNC(=O)c1ccc3c(c1)C(=O)OC31c3ccc(O)cc3Oc3cc(O)ccc31)CSCC(=O)N[C@@H](CC(=O)O)C(=O)N2. The van der Waals surface area contributed by atoms with Gasteiger partial charge in [-0.05, 0) is 54.8 Å². The number of rotatable bonds is 23. The largest absolute Gasteiger partial charge is 0.508 e. The van der Waals surface area contributed by atoms with Gasteiger partial charge in [-0.3, -0.25) is 67.7 Å². The molecule has 4 aliphatic rings. The van der Waals surface area contributed by atoms with Crippen molar-refractivity contribution in [3.05, 3.63) is 118 Å². The Hall–Kier alpha value is -10.9. The van der Waals surface area contributed by atoms with Gasteiger partial charge in [-0.25, -0.2) is 4.79 Å². The number of guanidine groups is 1. The molecule has 4 aliphatic heterocycles. The fraction of sp³-hybridized carbons (Fsp3) is 0.400. The molecule has 0 aromatic heterocycles. The maximum atomic E-state index is 14.6. The van der Waals surface area contributed by atoms with Gasteiger partial charge in [0.2, 0.25) is 59.1 Å². The minimum atomic E-state index is -1.87. The van der Waals surface area contributed by atoms with Crippen LogP contribution in [0, 0.1) is 5.41 Å². The number of fused-ring (bicyclic) bond motifs is 11. The Labute approximate surface area is 604 Å². The van der Waals surface area contributed by atoms with E-state index >= 15 is 0 Å². The van der Waals surface area contributed by atoms with Crippen molar-refractivity contribution in [2.45, 2.75) is 80.0 Å². The molecule has 11 amide bonds. The van der Waals surface area contributed by atoms with E-state index in [1.807, 2.05) is 0 Å². The second-order valence-electron chi connectivity index (χ2n) is 23.6. The van der Waals surface area contributed by atoms with Gasteiger partial charge in [-0.1, -0.05) is 58.0 Å². The van der Waals surface area contributed by atoms with Gasteiger partial charge in [0.15, 0.2) is 11.6 Å². The van der Waals surface area contributed by atoms with Crippen molar-refractivity contribution in [2.75, 3.05) is 82.2 Å². The van der Waals surface area contributed by atoms with Gasteiger partial charge in [-0.15, -0.1) is 11.8 Å². The third-order valence-electron chi connectivity index (χ3n) is 15.9. The van der Waals surface area contributed by atoms with E-state index in [4.69, 9.17) is 30.1 Å². The normalized spacial score (nSPS) is 21.0. The number of carbonyl (C=O) groups excluding carboxylic acids is 12. The number of hydrogen-bond acceptors (Lipinski definition) is 24. The van der Waals surface area contributed by atoms with Gasteiger partial charge >= 0.3 is 17.9 Å². The van der Waals surface area contributed by atoms with E-state index < -0.39 is 186 Å². The number of benzene rings is 4. The van der Waals surface area contributed by atoms with Crippen molar-refractivity contribution < 1.29 is 106 Å². The number of carboxylic acids is 2. The Kier molecular flexibility index (Phi) is 28.7. The number of nitrogens with one attached hydrogen (secondary N) is 13. The first-order valence-electron chi connectivity index (χ1n) is 32.2. The first-order valence-corrected chi connectivity index (χ1v) is 35.9. The Morgan fingerprint density at radius 3 is 1.75 bits per heavy atom. The second kappa shape index (κ2) is 37.9. The maximum absolute atomic E-state index is 14.6. The highest BCUT2D eigenvalue weighted by Crippen LogP contribution is 2.57. The minimum Gasteiger partial charge on any atom is -0.508 e. The number of ether oxygens (including phenoxy) is 4. The van der Waals surface area contributed by atoms with Crippen LogP contribution in [0.25, 0.3) is 0 Å². The lowest BCUT2D eigenvalue weighted by Gasteiger charge is -2.36. The summed E-state index contributed by atoms with van der Waals surface area (Å²) in [5.74, 6) is -16.7. The fourth-order valence-corrected chi connectivity index (χ4v) is 14.1.